The molecule has 0 spiro atoms. The van der Waals surface area contributed by atoms with Crippen LogP contribution >= 0.6 is 0 Å². The zero-order valence-electron chi connectivity index (χ0n) is 17.7. The third kappa shape index (κ3) is 3.75. The van der Waals surface area contributed by atoms with E-state index in [0.29, 0.717) is 0 Å². The molecule has 0 N–H and O–H groups in total. The SMILES string of the molecule is CC(C)(C)c1ccc(C2(c3ccc(C(C)(C)C)cc3)CCCCC2)cc1. The summed E-state index contributed by atoms with van der Waals surface area (Å²) in [6.07, 6.45) is 6.60. The molecule has 1 aliphatic rings. The van der Waals surface area contributed by atoms with E-state index in [-0.39, 0.29) is 16.2 Å². The van der Waals surface area contributed by atoms with Crippen LogP contribution in [0.2, 0.25) is 0 Å². The molecule has 2 aromatic rings. The third-order valence-corrected chi connectivity index (χ3v) is 6.31. The minimum atomic E-state index is 0.199. The smallest absolute Gasteiger partial charge is 0.0202 e. The topological polar surface area (TPSA) is 0 Å². The van der Waals surface area contributed by atoms with Crippen LogP contribution in [0.15, 0.2) is 48.5 Å². The summed E-state index contributed by atoms with van der Waals surface area (Å²) >= 11 is 0. The summed E-state index contributed by atoms with van der Waals surface area (Å²) in [6.45, 7) is 13.8. The van der Waals surface area contributed by atoms with Gasteiger partial charge in [-0.2, -0.15) is 0 Å². The van der Waals surface area contributed by atoms with Gasteiger partial charge in [0.2, 0.25) is 0 Å². The highest BCUT2D eigenvalue weighted by Gasteiger charge is 2.36. The molecule has 3 rings (SSSR count). The molecule has 140 valence electrons. The van der Waals surface area contributed by atoms with Crippen LogP contribution in [0, 0.1) is 0 Å². The van der Waals surface area contributed by atoms with Crippen molar-refractivity contribution in [1.29, 1.82) is 0 Å². The maximum absolute atomic E-state index is 2.41. The Balaban J connectivity index is 2.02. The predicted octanol–water partition coefficient (Wildman–Crippen LogP) is 7.53. The summed E-state index contributed by atoms with van der Waals surface area (Å²) < 4.78 is 0. The Hall–Kier alpha value is -1.56. The van der Waals surface area contributed by atoms with Crippen LogP contribution in [0.5, 0.6) is 0 Å². The first-order valence-corrected chi connectivity index (χ1v) is 10.3. The Bertz CT molecular complexity index is 652. The van der Waals surface area contributed by atoms with Gasteiger partial charge in [0.1, 0.15) is 0 Å². The highest BCUT2D eigenvalue weighted by Crippen LogP contribution is 2.45. The molecular formula is C26H36. The average molecular weight is 349 g/mol. The van der Waals surface area contributed by atoms with E-state index in [1.807, 2.05) is 0 Å². The van der Waals surface area contributed by atoms with Gasteiger partial charge in [-0.15, -0.1) is 0 Å². The molecule has 0 saturated heterocycles. The van der Waals surface area contributed by atoms with Crippen molar-refractivity contribution in [1.82, 2.24) is 0 Å². The first kappa shape index (κ1) is 19.2. The number of hydrogen-bond donors (Lipinski definition) is 0. The number of hydrogen-bond acceptors (Lipinski definition) is 0. The minimum absolute atomic E-state index is 0.199. The van der Waals surface area contributed by atoms with E-state index in [0.717, 1.165) is 0 Å². The Labute approximate surface area is 161 Å². The van der Waals surface area contributed by atoms with Crippen molar-refractivity contribution in [2.75, 3.05) is 0 Å². The molecule has 0 heterocycles. The zero-order chi connectivity index (χ0) is 19.0. The molecule has 0 amide bonds. The second-order valence-electron chi connectivity index (χ2n) is 10.3. The molecule has 0 heteroatoms. The fraction of sp³-hybridized carbons (Fsp3) is 0.538. The zero-order valence-corrected chi connectivity index (χ0v) is 17.7. The van der Waals surface area contributed by atoms with Gasteiger partial charge in [-0.25, -0.2) is 0 Å². The van der Waals surface area contributed by atoms with Crippen LogP contribution in [-0.4, -0.2) is 0 Å². The van der Waals surface area contributed by atoms with E-state index in [9.17, 15) is 0 Å². The second kappa shape index (κ2) is 6.87. The molecule has 1 aliphatic carbocycles. The number of rotatable bonds is 2. The highest BCUT2D eigenvalue weighted by atomic mass is 14.4. The molecule has 0 radical (unpaired) electrons. The summed E-state index contributed by atoms with van der Waals surface area (Å²) in [5, 5.41) is 0. The summed E-state index contributed by atoms with van der Waals surface area (Å²) in [4.78, 5) is 0. The molecule has 2 aromatic carbocycles. The predicted molar refractivity (Wildman–Crippen MR) is 114 cm³/mol. The highest BCUT2D eigenvalue weighted by molar-refractivity contribution is 5.43. The molecule has 0 atom stereocenters. The summed E-state index contributed by atoms with van der Waals surface area (Å²) in [6, 6.07) is 19.1. The van der Waals surface area contributed by atoms with Gasteiger partial charge in [0.05, 0.1) is 0 Å². The van der Waals surface area contributed by atoms with Gasteiger partial charge in [0, 0.05) is 5.41 Å². The van der Waals surface area contributed by atoms with Gasteiger partial charge in [0.25, 0.3) is 0 Å². The number of benzene rings is 2. The standard InChI is InChI=1S/C26H36/c1-24(2,3)20-10-14-22(15-11-20)26(18-8-7-9-19-26)23-16-12-21(13-17-23)25(4,5)6/h10-17H,7-9,18-19H2,1-6H3. The fourth-order valence-electron chi connectivity index (χ4n) is 4.48. The molecule has 0 nitrogen and oxygen atoms in total. The van der Waals surface area contributed by atoms with Crippen molar-refractivity contribution in [3.8, 4) is 0 Å². The van der Waals surface area contributed by atoms with E-state index >= 15 is 0 Å². The lowest BCUT2D eigenvalue weighted by Gasteiger charge is -2.39. The van der Waals surface area contributed by atoms with E-state index in [1.54, 1.807) is 0 Å². The van der Waals surface area contributed by atoms with E-state index in [2.05, 4.69) is 90.1 Å². The molecule has 1 saturated carbocycles. The van der Waals surface area contributed by atoms with Gasteiger partial charge in [-0.3, -0.25) is 0 Å². The fourth-order valence-corrected chi connectivity index (χ4v) is 4.48. The molecule has 0 unspecified atom stereocenters. The quantitative estimate of drug-likeness (QED) is 0.526. The van der Waals surface area contributed by atoms with Crippen molar-refractivity contribution in [3.05, 3.63) is 70.8 Å². The maximum atomic E-state index is 2.41. The van der Waals surface area contributed by atoms with Crippen LogP contribution in [0.4, 0.5) is 0 Å². The summed E-state index contributed by atoms with van der Waals surface area (Å²) in [5.74, 6) is 0. The summed E-state index contributed by atoms with van der Waals surface area (Å²) in [5.41, 5.74) is 6.50. The van der Waals surface area contributed by atoms with E-state index in [1.165, 1.54) is 54.4 Å². The van der Waals surface area contributed by atoms with Crippen LogP contribution < -0.4 is 0 Å². The van der Waals surface area contributed by atoms with Crippen molar-refractivity contribution in [3.63, 3.8) is 0 Å². The van der Waals surface area contributed by atoms with Crippen molar-refractivity contribution < 1.29 is 0 Å². The lowest BCUT2D eigenvalue weighted by molar-refractivity contribution is 0.345. The van der Waals surface area contributed by atoms with Crippen molar-refractivity contribution in [2.45, 2.75) is 89.9 Å². The lowest BCUT2D eigenvalue weighted by Crippen LogP contribution is -2.30. The largest absolute Gasteiger partial charge is 0.0582 e. The average Bonchev–Trinajstić information content (AvgIpc) is 2.61. The first-order valence-electron chi connectivity index (χ1n) is 10.3. The van der Waals surface area contributed by atoms with Gasteiger partial charge >= 0.3 is 0 Å². The lowest BCUT2D eigenvalue weighted by atomic mass is 9.64. The van der Waals surface area contributed by atoms with Gasteiger partial charge in [0.15, 0.2) is 0 Å². The molecule has 0 bridgehead atoms. The van der Waals surface area contributed by atoms with Crippen LogP contribution in [0.1, 0.15) is 95.9 Å². The monoisotopic (exact) mass is 348 g/mol. The van der Waals surface area contributed by atoms with Crippen LogP contribution in [-0.2, 0) is 16.2 Å². The van der Waals surface area contributed by atoms with Crippen molar-refractivity contribution >= 4 is 0 Å². The Kier molecular flexibility index (Phi) is 5.08. The Morgan fingerprint density at radius 2 is 0.885 bits per heavy atom. The summed E-state index contributed by atoms with van der Waals surface area (Å²) in [7, 11) is 0. The van der Waals surface area contributed by atoms with Gasteiger partial charge in [-0.05, 0) is 45.9 Å². The molecular weight excluding hydrogens is 312 g/mol. The Morgan fingerprint density at radius 1 is 0.538 bits per heavy atom. The maximum Gasteiger partial charge on any atom is 0.0202 e. The Morgan fingerprint density at radius 3 is 1.19 bits per heavy atom. The molecule has 0 aromatic heterocycles. The second-order valence-corrected chi connectivity index (χ2v) is 10.3. The van der Waals surface area contributed by atoms with Crippen molar-refractivity contribution in [2.24, 2.45) is 0 Å². The molecule has 26 heavy (non-hydrogen) atoms. The van der Waals surface area contributed by atoms with Gasteiger partial charge < -0.3 is 0 Å². The van der Waals surface area contributed by atoms with Crippen LogP contribution in [0.25, 0.3) is 0 Å². The first-order chi connectivity index (χ1) is 12.1. The third-order valence-electron chi connectivity index (χ3n) is 6.31. The van der Waals surface area contributed by atoms with Gasteiger partial charge in [-0.1, -0.05) is 109 Å². The van der Waals surface area contributed by atoms with E-state index in [4.69, 9.17) is 0 Å². The minimum Gasteiger partial charge on any atom is -0.0582 e. The van der Waals surface area contributed by atoms with Crippen LogP contribution in [0.3, 0.4) is 0 Å². The normalized spacial score (nSPS) is 17.9. The molecule has 0 aliphatic heterocycles. The molecule has 1 fully saturated rings. The van der Waals surface area contributed by atoms with E-state index < -0.39 is 0 Å².